The lowest BCUT2D eigenvalue weighted by Crippen LogP contribution is -2.40. The van der Waals surface area contributed by atoms with E-state index in [4.69, 9.17) is 0 Å². The number of carbonyl (C=O) groups excluding carboxylic acids is 1. The van der Waals surface area contributed by atoms with Crippen LogP contribution in [0.15, 0.2) is 43.0 Å². The van der Waals surface area contributed by atoms with Crippen LogP contribution in [0.4, 0.5) is 10.5 Å². The summed E-state index contributed by atoms with van der Waals surface area (Å²) >= 11 is 0. The molecule has 144 valence electrons. The summed E-state index contributed by atoms with van der Waals surface area (Å²) in [6.07, 6.45) is 7.12. The molecule has 1 N–H and O–H groups in total. The lowest BCUT2D eigenvalue weighted by atomic mass is 9.90. The normalized spacial score (nSPS) is 14.9. The summed E-state index contributed by atoms with van der Waals surface area (Å²) in [6, 6.07) is 7.97. The monoisotopic (exact) mass is 377 g/mol. The van der Waals surface area contributed by atoms with Gasteiger partial charge in [0.2, 0.25) is 0 Å². The minimum atomic E-state index is -0.0652. The minimum absolute atomic E-state index is 0.0652. The summed E-state index contributed by atoms with van der Waals surface area (Å²) in [6.45, 7) is 5.50. The third-order valence-corrected chi connectivity index (χ3v) is 5.47. The van der Waals surface area contributed by atoms with E-state index in [1.165, 1.54) is 5.56 Å². The zero-order valence-electron chi connectivity index (χ0n) is 16.0. The molecule has 1 aromatic carbocycles. The fourth-order valence-electron chi connectivity index (χ4n) is 3.63. The number of piperidine rings is 1. The molecule has 1 aliphatic rings. The number of amides is 2. The average Bonchev–Trinajstić information content (AvgIpc) is 3.27. The van der Waals surface area contributed by atoms with Gasteiger partial charge in [-0.25, -0.2) is 9.48 Å². The lowest BCUT2D eigenvalue weighted by molar-refractivity contribution is 0.194. The molecule has 0 bridgehead atoms. The van der Waals surface area contributed by atoms with Crippen LogP contribution in [0.2, 0.25) is 0 Å². The molecule has 3 heterocycles. The van der Waals surface area contributed by atoms with Crippen molar-refractivity contribution in [2.75, 3.05) is 18.4 Å². The smallest absolute Gasteiger partial charge is 0.321 e. The van der Waals surface area contributed by atoms with Gasteiger partial charge >= 0.3 is 6.03 Å². The highest BCUT2D eigenvalue weighted by Crippen LogP contribution is 2.28. The number of anilines is 1. The molecular weight excluding hydrogens is 354 g/mol. The van der Waals surface area contributed by atoms with Gasteiger partial charge < -0.3 is 10.2 Å². The first-order valence-corrected chi connectivity index (χ1v) is 9.42. The van der Waals surface area contributed by atoms with E-state index < -0.39 is 0 Å². The van der Waals surface area contributed by atoms with Gasteiger partial charge in [0.15, 0.2) is 0 Å². The van der Waals surface area contributed by atoms with E-state index in [0.717, 1.165) is 48.4 Å². The first-order valence-electron chi connectivity index (χ1n) is 9.42. The van der Waals surface area contributed by atoms with Crippen molar-refractivity contribution in [3.05, 3.63) is 59.7 Å². The standard InChI is InChI=1S/C20H23N7O/c1-14-11-18(27-13-22-24-25-27)12-19(15(14)2)23-20(28)26-9-5-17(6-10-26)16-3-7-21-8-4-16/h3-4,7-8,11-13,17H,5-6,9-10H2,1-2H3,(H,23,28). The molecule has 2 aromatic heterocycles. The predicted octanol–water partition coefficient (Wildman–Crippen LogP) is 3.09. The molecule has 1 saturated heterocycles. The van der Waals surface area contributed by atoms with E-state index in [1.807, 2.05) is 43.3 Å². The number of likely N-dealkylation sites (tertiary alicyclic amines) is 1. The van der Waals surface area contributed by atoms with Crippen molar-refractivity contribution in [1.82, 2.24) is 30.1 Å². The quantitative estimate of drug-likeness (QED) is 0.758. The summed E-state index contributed by atoms with van der Waals surface area (Å²) in [7, 11) is 0. The van der Waals surface area contributed by atoms with E-state index in [1.54, 1.807) is 11.0 Å². The number of hydrogen-bond donors (Lipinski definition) is 1. The molecule has 8 nitrogen and oxygen atoms in total. The predicted molar refractivity (Wildman–Crippen MR) is 105 cm³/mol. The van der Waals surface area contributed by atoms with Crippen molar-refractivity contribution in [3.63, 3.8) is 0 Å². The highest BCUT2D eigenvalue weighted by atomic mass is 16.2. The molecule has 0 aliphatic carbocycles. The molecule has 4 rings (SSSR count). The Hall–Kier alpha value is -3.29. The maximum Gasteiger partial charge on any atom is 0.321 e. The number of hydrogen-bond acceptors (Lipinski definition) is 5. The van der Waals surface area contributed by atoms with Crippen LogP contribution >= 0.6 is 0 Å². The summed E-state index contributed by atoms with van der Waals surface area (Å²) in [5, 5.41) is 14.4. The number of benzene rings is 1. The Balaban J connectivity index is 1.44. The maximum atomic E-state index is 12.8. The fourth-order valence-corrected chi connectivity index (χ4v) is 3.63. The second-order valence-electron chi connectivity index (χ2n) is 7.16. The highest BCUT2D eigenvalue weighted by molar-refractivity contribution is 5.91. The van der Waals surface area contributed by atoms with E-state index in [9.17, 15) is 4.79 Å². The zero-order chi connectivity index (χ0) is 19.5. The molecule has 0 atom stereocenters. The van der Waals surface area contributed by atoms with Crippen LogP contribution in [0, 0.1) is 13.8 Å². The van der Waals surface area contributed by atoms with Crippen molar-refractivity contribution in [2.24, 2.45) is 0 Å². The number of aryl methyl sites for hydroxylation is 1. The van der Waals surface area contributed by atoms with E-state index in [-0.39, 0.29) is 6.03 Å². The van der Waals surface area contributed by atoms with Crippen LogP contribution < -0.4 is 5.32 Å². The van der Waals surface area contributed by atoms with Crippen LogP contribution in [-0.4, -0.2) is 49.2 Å². The van der Waals surface area contributed by atoms with E-state index in [0.29, 0.717) is 5.92 Å². The van der Waals surface area contributed by atoms with Gasteiger partial charge in [0, 0.05) is 31.2 Å². The summed E-state index contributed by atoms with van der Waals surface area (Å²) < 4.78 is 1.59. The number of urea groups is 1. The Labute approximate surface area is 163 Å². The van der Waals surface area contributed by atoms with Gasteiger partial charge in [-0.2, -0.15) is 0 Å². The summed E-state index contributed by atoms with van der Waals surface area (Å²) in [4.78, 5) is 18.8. The largest absolute Gasteiger partial charge is 0.324 e. The molecule has 28 heavy (non-hydrogen) atoms. The molecule has 8 heteroatoms. The maximum absolute atomic E-state index is 12.8. The SMILES string of the molecule is Cc1cc(-n2cnnn2)cc(NC(=O)N2CCC(c3ccncc3)CC2)c1C. The van der Waals surface area contributed by atoms with Gasteiger partial charge in [-0.3, -0.25) is 4.98 Å². The third-order valence-electron chi connectivity index (χ3n) is 5.47. The average molecular weight is 377 g/mol. The van der Waals surface area contributed by atoms with Crippen LogP contribution in [0.1, 0.15) is 35.4 Å². The van der Waals surface area contributed by atoms with Crippen molar-refractivity contribution >= 4 is 11.7 Å². The number of aromatic nitrogens is 5. The Morgan fingerprint density at radius 1 is 1.14 bits per heavy atom. The second-order valence-corrected chi connectivity index (χ2v) is 7.16. The minimum Gasteiger partial charge on any atom is -0.324 e. The molecule has 0 spiro atoms. The van der Waals surface area contributed by atoms with E-state index >= 15 is 0 Å². The van der Waals surface area contributed by atoms with Gasteiger partial charge in [0.25, 0.3) is 0 Å². The summed E-state index contributed by atoms with van der Waals surface area (Å²) in [5.74, 6) is 0.485. The Kier molecular flexibility index (Phi) is 5.01. The van der Waals surface area contributed by atoms with Gasteiger partial charge in [-0.15, -0.1) is 5.10 Å². The molecular formula is C20H23N7O. The summed E-state index contributed by atoms with van der Waals surface area (Å²) in [5.41, 5.74) is 5.01. The number of nitrogens with one attached hydrogen (secondary N) is 1. The second kappa shape index (κ2) is 7.75. The van der Waals surface area contributed by atoms with Crippen molar-refractivity contribution in [2.45, 2.75) is 32.6 Å². The topological polar surface area (TPSA) is 88.8 Å². The van der Waals surface area contributed by atoms with Crippen LogP contribution in [-0.2, 0) is 0 Å². The number of rotatable bonds is 3. The molecule has 0 unspecified atom stereocenters. The van der Waals surface area contributed by atoms with E-state index in [2.05, 4.69) is 38.0 Å². The molecule has 3 aromatic rings. The Morgan fingerprint density at radius 2 is 1.89 bits per heavy atom. The van der Waals surface area contributed by atoms with Crippen LogP contribution in [0.3, 0.4) is 0 Å². The van der Waals surface area contributed by atoms with Crippen molar-refractivity contribution in [3.8, 4) is 5.69 Å². The van der Waals surface area contributed by atoms with Crippen LogP contribution in [0.5, 0.6) is 0 Å². The molecule has 2 amide bonds. The highest BCUT2D eigenvalue weighted by Gasteiger charge is 2.24. The Bertz CT molecular complexity index is 948. The van der Waals surface area contributed by atoms with Gasteiger partial charge in [0.05, 0.1) is 5.69 Å². The van der Waals surface area contributed by atoms with Gasteiger partial charge in [-0.05, 0) is 84.0 Å². The molecule has 1 aliphatic heterocycles. The number of carbonyl (C=O) groups is 1. The Morgan fingerprint density at radius 3 is 2.57 bits per heavy atom. The van der Waals surface area contributed by atoms with Crippen LogP contribution in [0.25, 0.3) is 5.69 Å². The third kappa shape index (κ3) is 3.71. The van der Waals surface area contributed by atoms with Crippen molar-refractivity contribution < 1.29 is 4.79 Å². The fraction of sp³-hybridized carbons (Fsp3) is 0.350. The first kappa shape index (κ1) is 18.1. The molecule has 1 fully saturated rings. The first-order chi connectivity index (χ1) is 13.6. The number of pyridine rings is 1. The lowest BCUT2D eigenvalue weighted by Gasteiger charge is -2.32. The van der Waals surface area contributed by atoms with Gasteiger partial charge in [-0.1, -0.05) is 0 Å². The number of tetrazole rings is 1. The van der Waals surface area contributed by atoms with Crippen molar-refractivity contribution in [1.29, 1.82) is 0 Å². The molecule has 0 radical (unpaired) electrons. The molecule has 0 saturated carbocycles. The zero-order valence-corrected chi connectivity index (χ0v) is 16.0. The number of nitrogens with zero attached hydrogens (tertiary/aromatic N) is 6. The van der Waals surface area contributed by atoms with Gasteiger partial charge in [0.1, 0.15) is 6.33 Å².